The van der Waals surface area contributed by atoms with Crippen LogP contribution in [0.1, 0.15) is 168 Å². The molecule has 0 aromatic carbocycles. The van der Waals surface area contributed by atoms with E-state index in [-0.39, 0.29) is 19.4 Å². The van der Waals surface area contributed by atoms with E-state index in [1.54, 1.807) is 0 Å². The zero-order valence-corrected chi connectivity index (χ0v) is 34.1. The number of esters is 2. The molecule has 0 rings (SSSR count). The fraction of sp³-hybridized carbons (Fsp3) is 0.762. The Labute approximate surface area is 322 Å². The van der Waals surface area contributed by atoms with Gasteiger partial charge in [0, 0.05) is 12.8 Å². The number of phosphoric ester groups is 1. The molecule has 0 aromatic rings. The summed E-state index contributed by atoms with van der Waals surface area (Å²) >= 11 is 0. The van der Waals surface area contributed by atoms with Crippen molar-refractivity contribution in [3.05, 3.63) is 48.6 Å². The van der Waals surface area contributed by atoms with Crippen LogP contribution in [0, 0.1) is 0 Å². The quantitative estimate of drug-likeness (QED) is 0.0240. The van der Waals surface area contributed by atoms with Crippen molar-refractivity contribution in [2.24, 2.45) is 0 Å². The molecule has 11 heteroatoms. The minimum atomic E-state index is -4.62. The van der Waals surface area contributed by atoms with Crippen LogP contribution in [0.2, 0.25) is 0 Å². The van der Waals surface area contributed by atoms with Crippen molar-refractivity contribution >= 4 is 19.8 Å². The second kappa shape index (κ2) is 38.2. The monoisotopic (exact) mass is 771 g/mol. The third-order valence-electron chi connectivity index (χ3n) is 8.47. The van der Waals surface area contributed by atoms with Gasteiger partial charge >= 0.3 is 19.8 Å². The number of hydrogen-bond donors (Lipinski definition) is 3. The number of aliphatic hydroxyl groups is 2. The Morgan fingerprint density at radius 2 is 1.04 bits per heavy atom. The Balaban J connectivity index is 4.37. The van der Waals surface area contributed by atoms with Gasteiger partial charge in [-0.25, -0.2) is 4.57 Å². The lowest BCUT2D eigenvalue weighted by Gasteiger charge is -2.20. The van der Waals surface area contributed by atoms with Gasteiger partial charge in [0.2, 0.25) is 0 Å². The van der Waals surface area contributed by atoms with E-state index < -0.39 is 51.8 Å². The number of unbranched alkanes of at least 4 members (excludes halogenated alkanes) is 16. The van der Waals surface area contributed by atoms with Gasteiger partial charge < -0.3 is 24.6 Å². The highest BCUT2D eigenvalue weighted by molar-refractivity contribution is 7.47. The molecule has 0 saturated carbocycles. The van der Waals surface area contributed by atoms with Crippen molar-refractivity contribution < 1.29 is 47.8 Å². The third-order valence-corrected chi connectivity index (χ3v) is 9.42. The second-order valence-electron chi connectivity index (χ2n) is 13.6. The van der Waals surface area contributed by atoms with Crippen LogP contribution < -0.4 is 0 Å². The summed E-state index contributed by atoms with van der Waals surface area (Å²) in [7, 11) is -4.62. The van der Waals surface area contributed by atoms with Crippen LogP contribution in [0.5, 0.6) is 0 Å². The topological polar surface area (TPSA) is 149 Å². The number of carbonyl (C=O) groups is 2. The highest BCUT2D eigenvalue weighted by Crippen LogP contribution is 2.43. The van der Waals surface area contributed by atoms with Crippen molar-refractivity contribution in [1.82, 2.24) is 0 Å². The SMILES string of the molecule is CCC=CCC=CCC=CCCCCCCCC(=O)OCC(COP(=O)(O)OCC(O)CO)OC(=O)CCCCCCCC=CCCCCCCCC. The molecule has 0 saturated heterocycles. The molecule has 3 N–H and O–H groups in total. The Hall–Kier alpha value is -2.07. The first-order chi connectivity index (χ1) is 25.7. The molecule has 0 aliphatic heterocycles. The lowest BCUT2D eigenvalue weighted by Crippen LogP contribution is -2.29. The van der Waals surface area contributed by atoms with Crippen LogP contribution in [0.3, 0.4) is 0 Å². The van der Waals surface area contributed by atoms with Crippen LogP contribution in [0.4, 0.5) is 0 Å². The molecule has 0 aliphatic carbocycles. The Morgan fingerprint density at radius 1 is 0.585 bits per heavy atom. The van der Waals surface area contributed by atoms with Crippen LogP contribution in [0.25, 0.3) is 0 Å². The number of ether oxygens (including phenoxy) is 2. The summed E-state index contributed by atoms with van der Waals surface area (Å²) in [4.78, 5) is 34.9. The number of rotatable bonds is 38. The van der Waals surface area contributed by atoms with Gasteiger partial charge in [-0.15, -0.1) is 0 Å². The van der Waals surface area contributed by atoms with Gasteiger partial charge in [0.1, 0.15) is 12.7 Å². The number of carbonyl (C=O) groups excluding carboxylic acids is 2. The molecule has 0 bridgehead atoms. The number of hydrogen-bond acceptors (Lipinski definition) is 9. The van der Waals surface area contributed by atoms with Gasteiger partial charge in [-0.05, 0) is 70.6 Å². The lowest BCUT2D eigenvalue weighted by atomic mass is 10.1. The zero-order valence-electron chi connectivity index (χ0n) is 33.2. The molecule has 0 spiro atoms. The molecule has 0 aromatic heterocycles. The minimum absolute atomic E-state index is 0.169. The van der Waals surface area contributed by atoms with Gasteiger partial charge in [0.05, 0.1) is 19.8 Å². The summed E-state index contributed by atoms with van der Waals surface area (Å²) < 4.78 is 32.6. The van der Waals surface area contributed by atoms with Crippen molar-refractivity contribution in [2.75, 3.05) is 26.4 Å². The fourth-order valence-electron chi connectivity index (χ4n) is 5.30. The predicted octanol–water partition coefficient (Wildman–Crippen LogP) is 10.6. The van der Waals surface area contributed by atoms with Gasteiger partial charge in [0.15, 0.2) is 6.10 Å². The van der Waals surface area contributed by atoms with Crippen LogP contribution >= 0.6 is 7.82 Å². The first-order valence-corrected chi connectivity index (χ1v) is 22.1. The largest absolute Gasteiger partial charge is 0.472 e. The van der Waals surface area contributed by atoms with Crippen molar-refractivity contribution in [2.45, 2.75) is 180 Å². The average Bonchev–Trinajstić information content (AvgIpc) is 3.14. The third kappa shape index (κ3) is 38.0. The molecule has 3 unspecified atom stereocenters. The van der Waals surface area contributed by atoms with Gasteiger partial charge in [-0.1, -0.05) is 133 Å². The van der Waals surface area contributed by atoms with E-state index in [0.717, 1.165) is 89.9 Å². The first kappa shape index (κ1) is 50.9. The summed E-state index contributed by atoms with van der Waals surface area (Å²) in [5.41, 5.74) is 0. The van der Waals surface area contributed by atoms with E-state index in [1.807, 2.05) is 0 Å². The molecular formula is C42H75O10P. The summed E-state index contributed by atoms with van der Waals surface area (Å²) in [5, 5.41) is 18.3. The lowest BCUT2D eigenvalue weighted by molar-refractivity contribution is -0.161. The maximum atomic E-state index is 12.6. The normalized spacial score (nSPS) is 14.4. The molecule has 0 radical (unpaired) electrons. The summed E-state index contributed by atoms with van der Waals surface area (Å²) in [5.74, 6) is -0.957. The molecule has 0 aliphatic rings. The van der Waals surface area contributed by atoms with Crippen LogP contribution in [0.15, 0.2) is 48.6 Å². The number of aliphatic hydroxyl groups excluding tert-OH is 2. The highest BCUT2D eigenvalue weighted by atomic mass is 31.2. The maximum absolute atomic E-state index is 12.6. The second-order valence-corrected chi connectivity index (χ2v) is 15.1. The van der Waals surface area contributed by atoms with Crippen molar-refractivity contribution in [3.63, 3.8) is 0 Å². The molecule has 0 amide bonds. The minimum Gasteiger partial charge on any atom is -0.462 e. The van der Waals surface area contributed by atoms with Crippen LogP contribution in [-0.2, 0) is 32.7 Å². The summed E-state index contributed by atoms with van der Waals surface area (Å²) in [6.07, 6.45) is 39.3. The van der Waals surface area contributed by atoms with E-state index in [9.17, 15) is 24.2 Å². The molecule has 53 heavy (non-hydrogen) atoms. The van der Waals surface area contributed by atoms with Gasteiger partial charge in [-0.3, -0.25) is 18.6 Å². The number of allylic oxidation sites excluding steroid dienone is 8. The smallest absolute Gasteiger partial charge is 0.462 e. The van der Waals surface area contributed by atoms with E-state index in [2.05, 4.69) is 67.0 Å². The molecule has 3 atom stereocenters. The van der Waals surface area contributed by atoms with E-state index in [1.165, 1.54) is 38.5 Å². The fourth-order valence-corrected chi connectivity index (χ4v) is 6.08. The highest BCUT2D eigenvalue weighted by Gasteiger charge is 2.27. The van der Waals surface area contributed by atoms with Gasteiger partial charge in [-0.2, -0.15) is 0 Å². The van der Waals surface area contributed by atoms with Crippen molar-refractivity contribution in [1.29, 1.82) is 0 Å². The molecule has 10 nitrogen and oxygen atoms in total. The predicted molar refractivity (Wildman–Crippen MR) is 214 cm³/mol. The zero-order chi connectivity index (χ0) is 39.1. The van der Waals surface area contributed by atoms with Crippen LogP contribution in [-0.4, -0.2) is 65.7 Å². The summed E-state index contributed by atoms with van der Waals surface area (Å²) in [6.45, 7) is 2.22. The average molecular weight is 771 g/mol. The Morgan fingerprint density at radius 3 is 1.58 bits per heavy atom. The van der Waals surface area contributed by atoms with E-state index >= 15 is 0 Å². The Kier molecular flexibility index (Phi) is 36.7. The maximum Gasteiger partial charge on any atom is 0.472 e. The van der Waals surface area contributed by atoms with Gasteiger partial charge in [0.25, 0.3) is 0 Å². The molecule has 308 valence electrons. The van der Waals surface area contributed by atoms with E-state index in [4.69, 9.17) is 19.1 Å². The molecular weight excluding hydrogens is 695 g/mol. The molecule has 0 fully saturated rings. The number of phosphoric acid groups is 1. The standard InChI is InChI=1S/C42H75O10P/c1-3-5-7-9-11-13-15-17-19-21-23-25-27-29-31-33-41(45)49-37-40(38-51-53(47,48)50-36-39(44)35-43)52-42(46)34-32-30-28-26-24-22-20-18-16-14-12-10-8-6-4-2/h5,7,11,13,17-20,39-40,43-44H,3-4,6,8-10,12,14-16,21-38H2,1-2H3,(H,47,48). The van der Waals surface area contributed by atoms with Crippen molar-refractivity contribution in [3.8, 4) is 0 Å². The summed E-state index contributed by atoms with van der Waals surface area (Å²) in [6, 6.07) is 0. The first-order valence-electron chi connectivity index (χ1n) is 20.6. The molecule has 0 heterocycles. The van der Waals surface area contributed by atoms with E-state index in [0.29, 0.717) is 12.8 Å². The Bertz CT molecular complexity index is 1030.